The van der Waals surface area contributed by atoms with E-state index in [2.05, 4.69) is 0 Å². The van der Waals surface area contributed by atoms with E-state index in [1.807, 2.05) is 0 Å². The van der Waals surface area contributed by atoms with E-state index in [9.17, 15) is 22.4 Å². The summed E-state index contributed by atoms with van der Waals surface area (Å²) in [6.07, 6.45) is -5.44. The number of carbonyl (C=O) groups excluding carboxylic acids is 1. The standard InChI is InChI=1S/C11H13F4N3O/c1-18(3-2-11(13,14)15)9-4-6(10(17)19)8(16)5-7(9)12/h4-5H,2-3,16H2,1H3,(H2,17,19). The fourth-order valence-corrected chi connectivity index (χ4v) is 1.50. The summed E-state index contributed by atoms with van der Waals surface area (Å²) < 4.78 is 49.9. The SMILES string of the molecule is CN(CCC(F)(F)F)c1cc(C(N)=O)c(N)cc1F. The lowest BCUT2D eigenvalue weighted by Crippen LogP contribution is -2.25. The molecule has 0 heterocycles. The van der Waals surface area contributed by atoms with Crippen molar-refractivity contribution < 1.29 is 22.4 Å². The highest BCUT2D eigenvalue weighted by molar-refractivity contribution is 5.99. The smallest absolute Gasteiger partial charge is 0.390 e. The number of hydrogen-bond donors (Lipinski definition) is 2. The van der Waals surface area contributed by atoms with Crippen molar-refractivity contribution in [1.82, 2.24) is 0 Å². The second kappa shape index (κ2) is 5.33. The number of benzene rings is 1. The minimum atomic E-state index is -4.34. The maximum Gasteiger partial charge on any atom is 0.390 e. The Hall–Kier alpha value is -1.99. The molecule has 0 aliphatic carbocycles. The summed E-state index contributed by atoms with van der Waals surface area (Å²) in [4.78, 5) is 12.1. The summed E-state index contributed by atoms with van der Waals surface area (Å²) in [6, 6.07) is 1.91. The van der Waals surface area contributed by atoms with E-state index in [4.69, 9.17) is 11.5 Å². The van der Waals surface area contributed by atoms with Gasteiger partial charge in [0.2, 0.25) is 0 Å². The van der Waals surface area contributed by atoms with Crippen LogP contribution in [0.4, 0.5) is 28.9 Å². The van der Waals surface area contributed by atoms with E-state index in [0.29, 0.717) is 0 Å². The van der Waals surface area contributed by atoms with E-state index in [1.165, 1.54) is 7.05 Å². The van der Waals surface area contributed by atoms with Gasteiger partial charge in [-0.3, -0.25) is 4.79 Å². The Morgan fingerprint density at radius 3 is 2.42 bits per heavy atom. The van der Waals surface area contributed by atoms with E-state index in [1.54, 1.807) is 0 Å². The Labute approximate surface area is 107 Å². The van der Waals surface area contributed by atoms with E-state index in [0.717, 1.165) is 17.0 Å². The van der Waals surface area contributed by atoms with Gasteiger partial charge in [-0.05, 0) is 12.1 Å². The van der Waals surface area contributed by atoms with Gasteiger partial charge in [0.15, 0.2) is 0 Å². The predicted octanol–water partition coefficient (Wildman–Crippen LogP) is 1.90. The number of rotatable bonds is 4. The van der Waals surface area contributed by atoms with Crippen molar-refractivity contribution in [3.63, 3.8) is 0 Å². The van der Waals surface area contributed by atoms with Gasteiger partial charge in [-0.25, -0.2) is 4.39 Å². The number of alkyl halides is 3. The molecule has 4 nitrogen and oxygen atoms in total. The first kappa shape index (κ1) is 15.1. The number of carbonyl (C=O) groups is 1. The van der Waals surface area contributed by atoms with Gasteiger partial charge in [0.25, 0.3) is 5.91 Å². The molecule has 106 valence electrons. The molecule has 0 spiro atoms. The zero-order valence-corrected chi connectivity index (χ0v) is 10.1. The van der Waals surface area contributed by atoms with Crippen LogP contribution in [0.3, 0.4) is 0 Å². The molecule has 1 aromatic rings. The summed E-state index contributed by atoms with van der Waals surface area (Å²) in [6.45, 7) is -0.442. The molecule has 0 aromatic heterocycles. The minimum absolute atomic E-state index is 0.129. The summed E-state index contributed by atoms with van der Waals surface area (Å²) in [5.74, 6) is -1.69. The Bertz CT molecular complexity index is 488. The van der Waals surface area contributed by atoms with Crippen LogP contribution in [0.25, 0.3) is 0 Å². The Kier molecular flexibility index (Phi) is 4.23. The number of anilines is 2. The van der Waals surface area contributed by atoms with Crippen molar-refractivity contribution >= 4 is 17.3 Å². The molecule has 19 heavy (non-hydrogen) atoms. The number of nitrogens with zero attached hydrogens (tertiary/aromatic N) is 1. The first-order chi connectivity index (χ1) is 8.61. The zero-order chi connectivity index (χ0) is 14.8. The molecule has 1 rings (SSSR count). The molecule has 0 atom stereocenters. The molecule has 0 bridgehead atoms. The molecule has 0 saturated heterocycles. The van der Waals surface area contributed by atoms with Gasteiger partial charge in [-0.2, -0.15) is 13.2 Å². The zero-order valence-electron chi connectivity index (χ0n) is 10.1. The number of hydrogen-bond acceptors (Lipinski definition) is 3. The quantitative estimate of drug-likeness (QED) is 0.653. The maximum atomic E-state index is 13.6. The Balaban J connectivity index is 2.99. The molecule has 1 aromatic carbocycles. The molecule has 0 unspecified atom stereocenters. The molecule has 0 aliphatic rings. The monoisotopic (exact) mass is 279 g/mol. The number of nitrogen functional groups attached to an aromatic ring is 1. The lowest BCUT2D eigenvalue weighted by atomic mass is 10.1. The Morgan fingerprint density at radius 2 is 1.95 bits per heavy atom. The van der Waals surface area contributed by atoms with Crippen LogP contribution in [0.2, 0.25) is 0 Å². The van der Waals surface area contributed by atoms with Gasteiger partial charge in [-0.1, -0.05) is 0 Å². The number of primary amides is 1. The van der Waals surface area contributed by atoms with Crippen molar-refractivity contribution in [3.05, 3.63) is 23.5 Å². The van der Waals surface area contributed by atoms with Gasteiger partial charge in [0, 0.05) is 19.3 Å². The molecular weight excluding hydrogens is 266 g/mol. The van der Waals surface area contributed by atoms with Crippen LogP contribution in [0.1, 0.15) is 16.8 Å². The van der Waals surface area contributed by atoms with Gasteiger partial charge in [-0.15, -0.1) is 0 Å². The van der Waals surface area contributed by atoms with Crippen LogP contribution < -0.4 is 16.4 Å². The lowest BCUT2D eigenvalue weighted by molar-refractivity contribution is -0.132. The van der Waals surface area contributed by atoms with Crippen molar-refractivity contribution in [2.24, 2.45) is 5.73 Å². The molecule has 0 aliphatic heterocycles. The number of halogens is 4. The number of nitrogens with two attached hydrogens (primary N) is 2. The highest BCUT2D eigenvalue weighted by atomic mass is 19.4. The second-order valence-corrected chi connectivity index (χ2v) is 4.04. The summed E-state index contributed by atoms with van der Waals surface area (Å²) >= 11 is 0. The van der Waals surface area contributed by atoms with Crippen LogP contribution in [0.5, 0.6) is 0 Å². The topological polar surface area (TPSA) is 72.3 Å². The number of amides is 1. The molecule has 0 fully saturated rings. The van der Waals surface area contributed by atoms with Gasteiger partial charge in [0.05, 0.1) is 17.7 Å². The summed E-state index contributed by atoms with van der Waals surface area (Å²) in [5, 5.41) is 0. The van der Waals surface area contributed by atoms with Crippen molar-refractivity contribution in [1.29, 1.82) is 0 Å². The fraction of sp³-hybridized carbons (Fsp3) is 0.364. The molecule has 0 radical (unpaired) electrons. The molecule has 8 heteroatoms. The third kappa shape index (κ3) is 4.01. The molecule has 1 amide bonds. The van der Waals surface area contributed by atoms with Crippen LogP contribution in [-0.2, 0) is 0 Å². The second-order valence-electron chi connectivity index (χ2n) is 4.04. The average Bonchev–Trinajstić information content (AvgIpc) is 2.24. The minimum Gasteiger partial charge on any atom is -0.398 e. The third-order valence-electron chi connectivity index (χ3n) is 2.53. The normalized spacial score (nSPS) is 11.4. The van der Waals surface area contributed by atoms with Crippen LogP contribution in [-0.4, -0.2) is 25.7 Å². The van der Waals surface area contributed by atoms with Crippen LogP contribution in [0.15, 0.2) is 12.1 Å². The van der Waals surface area contributed by atoms with Crippen molar-refractivity contribution in [2.45, 2.75) is 12.6 Å². The summed E-state index contributed by atoms with van der Waals surface area (Å²) in [5.41, 5.74) is 9.99. The molecule has 4 N–H and O–H groups in total. The molecular formula is C11H13F4N3O. The van der Waals surface area contributed by atoms with Crippen molar-refractivity contribution in [2.75, 3.05) is 24.2 Å². The van der Waals surface area contributed by atoms with E-state index < -0.39 is 30.9 Å². The first-order valence-electron chi connectivity index (χ1n) is 5.28. The first-order valence-corrected chi connectivity index (χ1v) is 5.28. The van der Waals surface area contributed by atoms with E-state index in [-0.39, 0.29) is 16.9 Å². The highest BCUT2D eigenvalue weighted by Gasteiger charge is 2.27. The lowest BCUT2D eigenvalue weighted by Gasteiger charge is -2.21. The summed E-state index contributed by atoms with van der Waals surface area (Å²) in [7, 11) is 1.28. The van der Waals surface area contributed by atoms with Gasteiger partial charge in [0.1, 0.15) is 5.82 Å². The van der Waals surface area contributed by atoms with Crippen molar-refractivity contribution in [3.8, 4) is 0 Å². The molecule has 0 saturated carbocycles. The van der Waals surface area contributed by atoms with Crippen LogP contribution in [0, 0.1) is 5.82 Å². The fourth-order valence-electron chi connectivity index (χ4n) is 1.50. The van der Waals surface area contributed by atoms with Crippen LogP contribution >= 0.6 is 0 Å². The third-order valence-corrected chi connectivity index (χ3v) is 2.53. The largest absolute Gasteiger partial charge is 0.398 e. The van der Waals surface area contributed by atoms with E-state index >= 15 is 0 Å². The average molecular weight is 279 g/mol. The maximum absolute atomic E-state index is 13.6. The van der Waals surface area contributed by atoms with Gasteiger partial charge < -0.3 is 16.4 Å². The Morgan fingerprint density at radius 1 is 1.37 bits per heavy atom. The van der Waals surface area contributed by atoms with Gasteiger partial charge >= 0.3 is 6.18 Å². The highest BCUT2D eigenvalue weighted by Crippen LogP contribution is 2.26. The predicted molar refractivity (Wildman–Crippen MR) is 63.3 cm³/mol.